The summed E-state index contributed by atoms with van der Waals surface area (Å²) in [5.41, 5.74) is 0. The molecule has 1 N–H and O–H groups in total. The van der Waals surface area contributed by atoms with Gasteiger partial charge in [0.1, 0.15) is 9.34 Å². The highest BCUT2D eigenvalue weighted by Gasteiger charge is 2.26. The minimum Gasteiger partial charge on any atom is -0.307 e. The van der Waals surface area contributed by atoms with Crippen molar-refractivity contribution in [3.05, 3.63) is 15.5 Å². The van der Waals surface area contributed by atoms with Crippen molar-refractivity contribution >= 4 is 22.9 Å². The summed E-state index contributed by atoms with van der Waals surface area (Å²) in [5.74, 6) is 1.61. The molecule has 1 aromatic heterocycles. The van der Waals surface area contributed by atoms with E-state index in [1.807, 2.05) is 0 Å². The Morgan fingerprint density at radius 1 is 1.50 bits per heavy atom. The molecular weight excluding hydrogens is 240 g/mol. The van der Waals surface area contributed by atoms with Crippen molar-refractivity contribution in [2.45, 2.75) is 45.7 Å². The SMILES string of the molecule is CC1CCCC(NCc2ncc(Cl)s2)C1C. The van der Waals surface area contributed by atoms with Gasteiger partial charge in [-0.15, -0.1) is 11.3 Å². The Kier molecular flexibility index (Phi) is 4.22. The molecule has 4 heteroatoms. The highest BCUT2D eigenvalue weighted by molar-refractivity contribution is 7.15. The van der Waals surface area contributed by atoms with Gasteiger partial charge >= 0.3 is 0 Å². The zero-order chi connectivity index (χ0) is 11.5. The summed E-state index contributed by atoms with van der Waals surface area (Å²) < 4.78 is 0.780. The molecule has 16 heavy (non-hydrogen) atoms. The number of halogens is 1. The highest BCUT2D eigenvalue weighted by Crippen LogP contribution is 2.29. The number of hydrogen-bond donors (Lipinski definition) is 1. The molecule has 0 spiro atoms. The van der Waals surface area contributed by atoms with Crippen LogP contribution in [0.2, 0.25) is 4.34 Å². The van der Waals surface area contributed by atoms with Gasteiger partial charge in [-0.05, 0) is 18.3 Å². The normalized spacial score (nSPS) is 30.6. The van der Waals surface area contributed by atoms with Crippen LogP contribution in [0.15, 0.2) is 6.20 Å². The smallest absolute Gasteiger partial charge is 0.113 e. The zero-order valence-corrected chi connectivity index (χ0v) is 11.4. The molecule has 2 rings (SSSR count). The third-order valence-electron chi connectivity index (χ3n) is 3.75. The maximum atomic E-state index is 5.86. The van der Waals surface area contributed by atoms with E-state index in [0.29, 0.717) is 6.04 Å². The predicted octanol–water partition coefficient (Wildman–Crippen LogP) is 3.71. The van der Waals surface area contributed by atoms with Crippen LogP contribution in [0.3, 0.4) is 0 Å². The number of rotatable bonds is 3. The second-order valence-corrected chi connectivity index (χ2v) is 6.56. The molecule has 1 heterocycles. The lowest BCUT2D eigenvalue weighted by atomic mass is 9.78. The van der Waals surface area contributed by atoms with E-state index < -0.39 is 0 Å². The Labute approximate surface area is 106 Å². The van der Waals surface area contributed by atoms with Crippen molar-refractivity contribution in [1.82, 2.24) is 10.3 Å². The first-order valence-electron chi connectivity index (χ1n) is 6.00. The fourth-order valence-electron chi connectivity index (χ4n) is 2.46. The third-order valence-corrected chi connectivity index (χ3v) is 4.86. The molecule has 1 fully saturated rings. The van der Waals surface area contributed by atoms with Crippen molar-refractivity contribution in [2.75, 3.05) is 0 Å². The topological polar surface area (TPSA) is 24.9 Å². The molecule has 2 nitrogen and oxygen atoms in total. The molecule has 1 saturated carbocycles. The molecular formula is C12H19ClN2S. The Morgan fingerprint density at radius 3 is 3.00 bits per heavy atom. The van der Waals surface area contributed by atoms with Gasteiger partial charge < -0.3 is 5.32 Å². The fourth-order valence-corrected chi connectivity index (χ4v) is 3.37. The van der Waals surface area contributed by atoms with Crippen LogP contribution in [0.1, 0.15) is 38.1 Å². The maximum Gasteiger partial charge on any atom is 0.113 e. The lowest BCUT2D eigenvalue weighted by Gasteiger charge is -2.34. The largest absolute Gasteiger partial charge is 0.307 e. The van der Waals surface area contributed by atoms with Crippen molar-refractivity contribution in [3.8, 4) is 0 Å². The summed E-state index contributed by atoms with van der Waals surface area (Å²) in [6, 6.07) is 0.645. The molecule has 0 aromatic carbocycles. The van der Waals surface area contributed by atoms with Crippen LogP contribution >= 0.6 is 22.9 Å². The van der Waals surface area contributed by atoms with E-state index in [2.05, 4.69) is 24.1 Å². The van der Waals surface area contributed by atoms with Gasteiger partial charge in [-0.25, -0.2) is 4.98 Å². The Balaban J connectivity index is 1.85. The molecule has 0 aliphatic heterocycles. The number of nitrogens with zero attached hydrogens (tertiary/aromatic N) is 1. The van der Waals surface area contributed by atoms with Gasteiger partial charge in [-0.3, -0.25) is 0 Å². The van der Waals surface area contributed by atoms with Crippen molar-refractivity contribution < 1.29 is 0 Å². The highest BCUT2D eigenvalue weighted by atomic mass is 35.5. The second kappa shape index (κ2) is 5.48. The Hall–Kier alpha value is -0.120. The molecule has 0 saturated heterocycles. The molecule has 1 aliphatic carbocycles. The minimum absolute atomic E-state index is 0.645. The molecule has 0 radical (unpaired) electrons. The van der Waals surface area contributed by atoms with Crippen LogP contribution in [-0.2, 0) is 6.54 Å². The van der Waals surface area contributed by atoms with Gasteiger partial charge in [-0.2, -0.15) is 0 Å². The molecule has 90 valence electrons. The molecule has 0 bridgehead atoms. The number of nitrogens with one attached hydrogen (secondary N) is 1. The number of hydrogen-bond acceptors (Lipinski definition) is 3. The second-order valence-electron chi connectivity index (χ2n) is 4.81. The first kappa shape index (κ1) is 12.3. The summed E-state index contributed by atoms with van der Waals surface area (Å²) in [7, 11) is 0. The summed E-state index contributed by atoms with van der Waals surface area (Å²) in [5, 5.41) is 4.71. The summed E-state index contributed by atoms with van der Waals surface area (Å²) in [6.45, 7) is 5.58. The quantitative estimate of drug-likeness (QED) is 0.894. The lowest BCUT2D eigenvalue weighted by Crippen LogP contribution is -2.40. The summed E-state index contributed by atoms with van der Waals surface area (Å²) in [6.07, 6.45) is 5.75. The maximum absolute atomic E-state index is 5.86. The fraction of sp³-hybridized carbons (Fsp3) is 0.750. The summed E-state index contributed by atoms with van der Waals surface area (Å²) >= 11 is 7.43. The first-order chi connectivity index (χ1) is 7.66. The van der Waals surface area contributed by atoms with Crippen molar-refractivity contribution in [1.29, 1.82) is 0 Å². The molecule has 1 aromatic rings. The Morgan fingerprint density at radius 2 is 2.31 bits per heavy atom. The van der Waals surface area contributed by atoms with Crippen LogP contribution in [0, 0.1) is 11.8 Å². The van der Waals surface area contributed by atoms with Gasteiger partial charge in [0.05, 0.1) is 6.20 Å². The van der Waals surface area contributed by atoms with Gasteiger partial charge in [0, 0.05) is 12.6 Å². The van der Waals surface area contributed by atoms with E-state index >= 15 is 0 Å². The van der Waals surface area contributed by atoms with Crippen LogP contribution in [0.5, 0.6) is 0 Å². The van der Waals surface area contributed by atoms with E-state index in [0.717, 1.165) is 27.7 Å². The van der Waals surface area contributed by atoms with Crippen LogP contribution < -0.4 is 5.32 Å². The van der Waals surface area contributed by atoms with Crippen molar-refractivity contribution in [2.24, 2.45) is 11.8 Å². The number of aromatic nitrogens is 1. The average molecular weight is 259 g/mol. The zero-order valence-electron chi connectivity index (χ0n) is 9.87. The van der Waals surface area contributed by atoms with E-state index in [9.17, 15) is 0 Å². The minimum atomic E-state index is 0.645. The predicted molar refractivity (Wildman–Crippen MR) is 69.9 cm³/mol. The first-order valence-corrected chi connectivity index (χ1v) is 7.20. The lowest BCUT2D eigenvalue weighted by molar-refractivity contribution is 0.206. The standard InChI is InChI=1S/C12H19ClN2S/c1-8-4-3-5-10(9(8)2)14-7-12-15-6-11(13)16-12/h6,8-10,14H,3-5,7H2,1-2H3. The van der Waals surface area contributed by atoms with Crippen LogP contribution in [0.4, 0.5) is 0 Å². The monoisotopic (exact) mass is 258 g/mol. The van der Waals surface area contributed by atoms with E-state index in [1.165, 1.54) is 19.3 Å². The van der Waals surface area contributed by atoms with Crippen LogP contribution in [0.25, 0.3) is 0 Å². The summed E-state index contributed by atoms with van der Waals surface area (Å²) in [4.78, 5) is 4.27. The molecule has 3 unspecified atom stereocenters. The van der Waals surface area contributed by atoms with Gasteiger partial charge in [0.25, 0.3) is 0 Å². The average Bonchev–Trinajstić information content (AvgIpc) is 2.67. The molecule has 0 amide bonds. The van der Waals surface area contributed by atoms with Gasteiger partial charge in [0.2, 0.25) is 0 Å². The van der Waals surface area contributed by atoms with Gasteiger partial charge in [-0.1, -0.05) is 38.3 Å². The van der Waals surface area contributed by atoms with Crippen molar-refractivity contribution in [3.63, 3.8) is 0 Å². The number of thiazole rings is 1. The van der Waals surface area contributed by atoms with Gasteiger partial charge in [0.15, 0.2) is 0 Å². The Bertz CT molecular complexity index is 340. The molecule has 3 atom stereocenters. The van der Waals surface area contributed by atoms with Crippen LogP contribution in [-0.4, -0.2) is 11.0 Å². The van der Waals surface area contributed by atoms with E-state index in [1.54, 1.807) is 17.5 Å². The van der Waals surface area contributed by atoms with E-state index in [4.69, 9.17) is 11.6 Å². The third kappa shape index (κ3) is 2.96. The van der Waals surface area contributed by atoms with E-state index in [-0.39, 0.29) is 0 Å². The molecule has 1 aliphatic rings.